The number of aliphatic hydroxyl groups is 1. The molecular weight excluding hydrogens is 112 g/mol. The van der Waals surface area contributed by atoms with Crippen molar-refractivity contribution in [1.82, 2.24) is 0 Å². The predicted molar refractivity (Wildman–Crippen MR) is 44.7 cm³/mol. The topological polar surface area (TPSA) is 20.2 Å². The van der Waals surface area contributed by atoms with Crippen molar-refractivity contribution in [3.63, 3.8) is 0 Å². The van der Waals surface area contributed by atoms with Gasteiger partial charge in [0.2, 0.25) is 0 Å². The van der Waals surface area contributed by atoms with E-state index in [0.717, 1.165) is 6.42 Å². The van der Waals surface area contributed by atoms with Crippen molar-refractivity contribution in [3.05, 3.63) is 0 Å². The van der Waals surface area contributed by atoms with E-state index in [1.54, 1.807) is 6.92 Å². The summed E-state index contributed by atoms with van der Waals surface area (Å²) < 4.78 is 0. The second kappa shape index (κ2) is 24.6. The van der Waals surface area contributed by atoms with Gasteiger partial charge < -0.3 is 5.11 Å². The van der Waals surface area contributed by atoms with Gasteiger partial charge in [0.15, 0.2) is 0 Å². The number of aliphatic hydroxyl groups excluding tert-OH is 1. The summed E-state index contributed by atoms with van der Waals surface area (Å²) in [6.07, 6.45) is 0.745. The first-order valence-electron chi connectivity index (χ1n) is 3.95. The third kappa shape index (κ3) is 73.6. The van der Waals surface area contributed by atoms with Crippen molar-refractivity contribution in [2.24, 2.45) is 0 Å². The van der Waals surface area contributed by atoms with Gasteiger partial charge in [0.25, 0.3) is 0 Å². The Morgan fingerprint density at radius 3 is 1.22 bits per heavy atom. The summed E-state index contributed by atoms with van der Waals surface area (Å²) >= 11 is 0. The molecule has 0 rings (SSSR count). The van der Waals surface area contributed by atoms with Gasteiger partial charge in [-0.1, -0.05) is 34.6 Å². The molecule has 0 saturated carbocycles. The van der Waals surface area contributed by atoms with Crippen LogP contribution in [0.1, 0.15) is 48.0 Å². The van der Waals surface area contributed by atoms with Crippen LogP contribution in [0.15, 0.2) is 0 Å². The Kier molecular flexibility index (Phi) is 43.7. The third-order valence-corrected chi connectivity index (χ3v) is 0.591. The lowest BCUT2D eigenvalue weighted by Gasteiger charge is -1.90. The number of hydrogen-bond acceptors (Lipinski definition) is 1. The van der Waals surface area contributed by atoms with E-state index in [0.29, 0.717) is 0 Å². The summed E-state index contributed by atoms with van der Waals surface area (Å²) in [6.45, 7) is 11.7. The molecule has 1 atom stereocenters. The van der Waals surface area contributed by atoms with Gasteiger partial charge in [-0.15, -0.1) is 0 Å². The maximum atomic E-state index is 8.36. The minimum absolute atomic E-state index is 0.116. The third-order valence-electron chi connectivity index (χ3n) is 0.591. The van der Waals surface area contributed by atoms with E-state index >= 15 is 0 Å². The lowest BCUT2D eigenvalue weighted by Crippen LogP contribution is -1.93. The van der Waals surface area contributed by atoms with Crippen LogP contribution in [0.4, 0.5) is 0 Å². The summed E-state index contributed by atoms with van der Waals surface area (Å²) in [6, 6.07) is 0. The van der Waals surface area contributed by atoms with Crippen LogP contribution in [0.3, 0.4) is 0 Å². The van der Waals surface area contributed by atoms with Crippen molar-refractivity contribution < 1.29 is 5.11 Å². The smallest absolute Gasteiger partial charge is 0.0509 e. The fraction of sp³-hybridized carbons (Fsp3) is 1.00. The van der Waals surface area contributed by atoms with Crippen molar-refractivity contribution in [1.29, 1.82) is 0 Å². The highest BCUT2D eigenvalue weighted by Crippen LogP contribution is 1.81. The molecule has 0 aliphatic carbocycles. The van der Waals surface area contributed by atoms with Gasteiger partial charge >= 0.3 is 0 Å². The van der Waals surface area contributed by atoms with Gasteiger partial charge in [0.1, 0.15) is 0 Å². The largest absolute Gasteiger partial charge is 0.393 e. The van der Waals surface area contributed by atoms with Crippen LogP contribution >= 0.6 is 0 Å². The normalized spacial score (nSPS) is 9.67. The molecule has 0 spiro atoms. The van der Waals surface area contributed by atoms with Crippen molar-refractivity contribution in [3.8, 4) is 0 Å². The molecule has 0 radical (unpaired) electrons. The fourth-order valence-electron chi connectivity index (χ4n) is 0. The fourth-order valence-corrected chi connectivity index (χ4v) is 0. The van der Waals surface area contributed by atoms with E-state index in [4.69, 9.17) is 5.11 Å². The van der Waals surface area contributed by atoms with E-state index in [1.165, 1.54) is 0 Å². The molecule has 0 saturated heterocycles. The van der Waals surface area contributed by atoms with Crippen LogP contribution in [0.5, 0.6) is 0 Å². The zero-order valence-electron chi connectivity index (χ0n) is 7.73. The Morgan fingerprint density at radius 1 is 1.11 bits per heavy atom. The predicted octanol–water partition coefficient (Wildman–Crippen LogP) is 2.83. The molecule has 60 valence electrons. The van der Waals surface area contributed by atoms with Gasteiger partial charge in [-0.3, -0.25) is 0 Å². The summed E-state index contributed by atoms with van der Waals surface area (Å²) in [5, 5.41) is 8.36. The molecule has 0 heterocycles. The minimum atomic E-state index is -0.116. The molecule has 0 aliphatic rings. The van der Waals surface area contributed by atoms with Crippen molar-refractivity contribution in [2.45, 2.75) is 54.1 Å². The molecule has 0 aromatic heterocycles. The number of hydrogen-bond donors (Lipinski definition) is 1. The second-order valence-corrected chi connectivity index (χ2v) is 1.26. The molecule has 9 heavy (non-hydrogen) atoms. The van der Waals surface area contributed by atoms with E-state index in [1.807, 2.05) is 34.6 Å². The second-order valence-electron chi connectivity index (χ2n) is 1.26. The van der Waals surface area contributed by atoms with E-state index in [2.05, 4.69) is 0 Å². The van der Waals surface area contributed by atoms with Crippen LogP contribution in [0, 0.1) is 0 Å². The standard InChI is InChI=1S/C4H10O.2C2H6/c1-3-4(2)5;2*1-2/h4-5H,3H2,1-2H3;2*1-2H3. The summed E-state index contributed by atoms with van der Waals surface area (Å²) in [5.41, 5.74) is 0. The molecule has 0 bridgehead atoms. The van der Waals surface area contributed by atoms with Crippen LogP contribution in [-0.4, -0.2) is 11.2 Å². The Balaban J connectivity index is -0.0000000771. The Labute approximate surface area is 60.1 Å². The van der Waals surface area contributed by atoms with Crippen molar-refractivity contribution in [2.75, 3.05) is 0 Å². The molecule has 0 amide bonds. The quantitative estimate of drug-likeness (QED) is 0.584. The monoisotopic (exact) mass is 134 g/mol. The van der Waals surface area contributed by atoms with Crippen LogP contribution in [0.25, 0.3) is 0 Å². The summed E-state index contributed by atoms with van der Waals surface area (Å²) in [4.78, 5) is 0. The zero-order valence-corrected chi connectivity index (χ0v) is 7.73. The van der Waals surface area contributed by atoms with Crippen LogP contribution in [-0.2, 0) is 0 Å². The molecule has 1 nitrogen and oxygen atoms in total. The van der Waals surface area contributed by atoms with Crippen LogP contribution < -0.4 is 0 Å². The lowest BCUT2D eigenvalue weighted by atomic mass is 10.3. The van der Waals surface area contributed by atoms with Crippen LogP contribution in [0.2, 0.25) is 0 Å². The summed E-state index contributed by atoms with van der Waals surface area (Å²) in [5.74, 6) is 0. The van der Waals surface area contributed by atoms with Gasteiger partial charge in [0, 0.05) is 0 Å². The van der Waals surface area contributed by atoms with E-state index in [9.17, 15) is 0 Å². The van der Waals surface area contributed by atoms with E-state index < -0.39 is 0 Å². The molecule has 0 aromatic rings. The average molecular weight is 134 g/mol. The molecule has 0 fully saturated rings. The minimum Gasteiger partial charge on any atom is -0.393 e. The molecular formula is C8H22O. The van der Waals surface area contributed by atoms with Gasteiger partial charge in [-0.25, -0.2) is 0 Å². The maximum Gasteiger partial charge on any atom is 0.0509 e. The Morgan fingerprint density at radius 2 is 1.22 bits per heavy atom. The highest BCUT2D eigenvalue weighted by Gasteiger charge is 1.81. The van der Waals surface area contributed by atoms with Gasteiger partial charge in [-0.2, -0.15) is 0 Å². The molecule has 1 unspecified atom stereocenters. The number of rotatable bonds is 1. The van der Waals surface area contributed by atoms with Gasteiger partial charge in [-0.05, 0) is 13.3 Å². The summed E-state index contributed by atoms with van der Waals surface area (Å²) in [7, 11) is 0. The maximum absolute atomic E-state index is 8.36. The average Bonchev–Trinajstić information content (AvgIpc) is 1.97. The molecule has 0 aliphatic heterocycles. The SMILES string of the molecule is CC.CC.CCC(C)O. The van der Waals surface area contributed by atoms with E-state index in [-0.39, 0.29) is 6.10 Å². The highest BCUT2D eigenvalue weighted by molar-refractivity contribution is 4.34. The first kappa shape index (κ1) is 16.0. The van der Waals surface area contributed by atoms with Crippen molar-refractivity contribution >= 4 is 0 Å². The zero-order chi connectivity index (χ0) is 8.28. The molecule has 1 N–H and O–H groups in total. The molecule has 0 aromatic carbocycles. The highest BCUT2D eigenvalue weighted by atomic mass is 16.3. The molecule has 1 heteroatoms. The first-order valence-corrected chi connectivity index (χ1v) is 3.95. The lowest BCUT2D eigenvalue weighted by molar-refractivity contribution is 0.191. The Bertz CT molecular complexity index is 18.5. The van der Waals surface area contributed by atoms with Gasteiger partial charge in [0.05, 0.1) is 6.10 Å². The Hall–Kier alpha value is -0.0400. The first-order chi connectivity index (χ1) is 4.27.